The van der Waals surface area contributed by atoms with Gasteiger partial charge < -0.3 is 20.5 Å². The highest BCUT2D eigenvalue weighted by molar-refractivity contribution is 5.76. The Hall–Kier alpha value is -1.59. The van der Waals surface area contributed by atoms with Crippen LogP contribution in [-0.2, 0) is 4.79 Å². The molecule has 0 aromatic heterocycles. The van der Waals surface area contributed by atoms with E-state index in [0.29, 0.717) is 12.5 Å². The van der Waals surface area contributed by atoms with Crippen LogP contribution in [-0.4, -0.2) is 43.4 Å². The van der Waals surface area contributed by atoms with Gasteiger partial charge in [0, 0.05) is 0 Å². The van der Waals surface area contributed by atoms with Crippen molar-refractivity contribution in [3.63, 3.8) is 0 Å². The molecule has 1 aromatic carbocycles. The lowest BCUT2D eigenvalue weighted by Crippen LogP contribution is -3.15. The van der Waals surface area contributed by atoms with Gasteiger partial charge in [-0.3, -0.25) is 4.79 Å². The Morgan fingerprint density at radius 1 is 1.43 bits per heavy atom. The molecule has 5 heteroatoms. The molecule has 1 fully saturated rings. The molecule has 1 heterocycles. The van der Waals surface area contributed by atoms with Crippen LogP contribution in [0.3, 0.4) is 0 Å². The maximum absolute atomic E-state index is 11.3. The predicted molar refractivity (Wildman–Crippen MR) is 89.5 cm³/mol. The monoisotopic (exact) mass is 321 g/mol. The van der Waals surface area contributed by atoms with Gasteiger partial charge >= 0.3 is 0 Å². The molecular formula is C18H29N2O3+. The first-order valence-corrected chi connectivity index (χ1v) is 8.50. The number of likely N-dealkylation sites (tertiary alicyclic amines) is 1. The molecule has 2 rings (SSSR count). The van der Waals surface area contributed by atoms with Gasteiger partial charge in [-0.25, -0.2) is 0 Å². The molecule has 0 radical (unpaired) electrons. The first-order chi connectivity index (χ1) is 11.0. The van der Waals surface area contributed by atoms with Crippen molar-refractivity contribution in [3.8, 4) is 5.75 Å². The molecule has 23 heavy (non-hydrogen) atoms. The largest absolute Gasteiger partial charge is 0.490 e. The summed E-state index contributed by atoms with van der Waals surface area (Å²) in [5, 5.41) is 10.3. The maximum Gasteiger partial charge on any atom is 0.226 e. The molecule has 0 aliphatic carbocycles. The normalized spacial score (nSPS) is 22.8. The number of carbonyl (C=O) groups is 1. The van der Waals surface area contributed by atoms with Crippen LogP contribution in [0.4, 0.5) is 0 Å². The number of quaternary nitrogens is 1. The lowest BCUT2D eigenvalue weighted by molar-refractivity contribution is -0.910. The van der Waals surface area contributed by atoms with Crippen molar-refractivity contribution in [2.24, 2.45) is 11.7 Å². The number of hydrogen-bond acceptors (Lipinski definition) is 3. The van der Waals surface area contributed by atoms with Crippen molar-refractivity contribution in [2.75, 3.05) is 26.2 Å². The van der Waals surface area contributed by atoms with Crippen LogP contribution >= 0.6 is 0 Å². The average molecular weight is 321 g/mol. The molecule has 1 aliphatic heterocycles. The van der Waals surface area contributed by atoms with E-state index < -0.39 is 6.10 Å². The predicted octanol–water partition coefficient (Wildman–Crippen LogP) is 0.330. The van der Waals surface area contributed by atoms with E-state index in [2.05, 4.69) is 19.9 Å². The topological polar surface area (TPSA) is 77.0 Å². The molecule has 128 valence electrons. The third kappa shape index (κ3) is 5.22. The van der Waals surface area contributed by atoms with Crippen LogP contribution in [0, 0.1) is 5.92 Å². The van der Waals surface area contributed by atoms with E-state index >= 15 is 0 Å². The van der Waals surface area contributed by atoms with Crippen molar-refractivity contribution in [2.45, 2.75) is 38.7 Å². The second-order valence-electron chi connectivity index (χ2n) is 6.81. The number of nitrogens with two attached hydrogens (primary N) is 1. The van der Waals surface area contributed by atoms with Gasteiger partial charge in [-0.05, 0) is 30.4 Å². The summed E-state index contributed by atoms with van der Waals surface area (Å²) >= 11 is 0. The fourth-order valence-corrected chi connectivity index (χ4v) is 3.25. The van der Waals surface area contributed by atoms with Crippen LogP contribution < -0.4 is 15.4 Å². The average Bonchev–Trinajstić information content (AvgIpc) is 2.53. The molecule has 0 saturated carbocycles. The van der Waals surface area contributed by atoms with Gasteiger partial charge in [-0.2, -0.15) is 0 Å². The highest BCUT2D eigenvalue weighted by atomic mass is 16.5. The molecule has 1 saturated heterocycles. The number of primary amides is 1. The summed E-state index contributed by atoms with van der Waals surface area (Å²) in [5.74, 6) is 0.935. The van der Waals surface area contributed by atoms with Gasteiger partial charge in [0.25, 0.3) is 0 Å². The van der Waals surface area contributed by atoms with Crippen LogP contribution in [0.15, 0.2) is 24.3 Å². The van der Waals surface area contributed by atoms with Crippen molar-refractivity contribution in [1.29, 1.82) is 0 Å². The molecule has 0 bridgehead atoms. The summed E-state index contributed by atoms with van der Waals surface area (Å²) in [7, 11) is 0. The highest BCUT2D eigenvalue weighted by Crippen LogP contribution is 2.25. The van der Waals surface area contributed by atoms with Gasteiger partial charge in [-0.15, -0.1) is 0 Å². The number of nitrogens with one attached hydrogen (secondary N) is 1. The van der Waals surface area contributed by atoms with E-state index in [1.165, 1.54) is 4.90 Å². The van der Waals surface area contributed by atoms with E-state index in [-0.39, 0.29) is 18.4 Å². The second-order valence-corrected chi connectivity index (χ2v) is 6.81. The minimum Gasteiger partial charge on any atom is -0.490 e. The van der Waals surface area contributed by atoms with Crippen molar-refractivity contribution in [3.05, 3.63) is 29.8 Å². The quantitative estimate of drug-likeness (QED) is 0.677. The number of aliphatic hydroxyl groups excluding tert-OH is 1. The number of aliphatic hydroxyl groups is 1. The zero-order valence-electron chi connectivity index (χ0n) is 14.1. The van der Waals surface area contributed by atoms with E-state index in [1.807, 2.05) is 18.2 Å². The van der Waals surface area contributed by atoms with Crippen LogP contribution in [0.25, 0.3) is 0 Å². The zero-order valence-corrected chi connectivity index (χ0v) is 14.1. The van der Waals surface area contributed by atoms with Gasteiger partial charge in [0.05, 0.1) is 19.0 Å². The standard InChI is InChI=1S/C18H28N2O3/c1-13(2)16-7-3-4-8-17(16)23-12-15(21)11-20-9-5-6-14(10-20)18(19)22/h3-4,7-8,13-15,21H,5-6,9-12H2,1-2H3,(H2,19,22)/p+1/t14-,15-/m0/s1. The second kappa shape index (κ2) is 8.31. The Morgan fingerprint density at radius 2 is 2.17 bits per heavy atom. The minimum absolute atomic E-state index is 0.0615. The lowest BCUT2D eigenvalue weighted by atomic mass is 9.97. The van der Waals surface area contributed by atoms with E-state index in [4.69, 9.17) is 10.5 Å². The van der Waals surface area contributed by atoms with Gasteiger partial charge in [-0.1, -0.05) is 32.0 Å². The Kier molecular flexibility index (Phi) is 6.42. The van der Waals surface area contributed by atoms with Crippen LogP contribution in [0.2, 0.25) is 0 Å². The molecular weight excluding hydrogens is 292 g/mol. The third-order valence-electron chi connectivity index (χ3n) is 4.52. The van der Waals surface area contributed by atoms with Crippen LogP contribution in [0.5, 0.6) is 5.75 Å². The van der Waals surface area contributed by atoms with E-state index in [1.54, 1.807) is 0 Å². The number of amides is 1. The maximum atomic E-state index is 11.3. The summed E-state index contributed by atoms with van der Waals surface area (Å²) in [6.07, 6.45) is 1.30. The summed E-state index contributed by atoms with van der Waals surface area (Å²) in [6.45, 7) is 6.81. The highest BCUT2D eigenvalue weighted by Gasteiger charge is 2.28. The van der Waals surface area contributed by atoms with Crippen LogP contribution in [0.1, 0.15) is 38.2 Å². The number of benzene rings is 1. The minimum atomic E-state index is -0.545. The molecule has 4 N–H and O–H groups in total. The molecule has 1 amide bonds. The first kappa shape index (κ1) is 17.8. The summed E-state index contributed by atoms with van der Waals surface area (Å²) < 4.78 is 5.82. The van der Waals surface area contributed by atoms with Gasteiger partial charge in [0.1, 0.15) is 25.0 Å². The first-order valence-electron chi connectivity index (χ1n) is 8.50. The molecule has 1 aliphatic rings. The fraction of sp³-hybridized carbons (Fsp3) is 0.611. The summed E-state index contributed by atoms with van der Waals surface area (Å²) in [5.41, 5.74) is 6.55. The zero-order chi connectivity index (χ0) is 16.8. The molecule has 3 atom stereocenters. The van der Waals surface area contributed by atoms with Crippen molar-refractivity contribution >= 4 is 5.91 Å². The number of hydrogen-bond donors (Lipinski definition) is 3. The fourth-order valence-electron chi connectivity index (χ4n) is 3.25. The molecule has 0 spiro atoms. The van der Waals surface area contributed by atoms with E-state index in [0.717, 1.165) is 37.2 Å². The summed E-state index contributed by atoms with van der Waals surface area (Å²) in [6, 6.07) is 7.94. The number of ether oxygens (including phenoxy) is 1. The van der Waals surface area contributed by atoms with E-state index in [9.17, 15) is 9.90 Å². The Balaban J connectivity index is 1.83. The van der Waals surface area contributed by atoms with Gasteiger partial charge in [0.15, 0.2) is 0 Å². The molecule has 1 aromatic rings. The Morgan fingerprint density at radius 3 is 2.87 bits per heavy atom. The molecule has 5 nitrogen and oxygen atoms in total. The lowest BCUT2D eigenvalue weighted by Gasteiger charge is -2.29. The summed E-state index contributed by atoms with van der Waals surface area (Å²) in [4.78, 5) is 12.5. The SMILES string of the molecule is CC(C)c1ccccc1OC[C@@H](O)C[NH+]1CCC[C@H](C(N)=O)C1. The van der Waals surface area contributed by atoms with Crippen molar-refractivity contribution in [1.82, 2.24) is 0 Å². The Labute approximate surface area is 138 Å². The third-order valence-corrected chi connectivity index (χ3v) is 4.52. The number of rotatable bonds is 7. The number of piperidine rings is 1. The molecule has 1 unspecified atom stereocenters. The smallest absolute Gasteiger partial charge is 0.226 e. The number of carbonyl (C=O) groups excluding carboxylic acids is 1. The van der Waals surface area contributed by atoms with Crippen molar-refractivity contribution < 1.29 is 19.5 Å². The van der Waals surface area contributed by atoms with Gasteiger partial charge in [0.2, 0.25) is 5.91 Å². The number of para-hydroxylation sites is 1. The Bertz CT molecular complexity index is 519.